The molecule has 1 saturated heterocycles. The van der Waals surface area contributed by atoms with Crippen LogP contribution in [0.1, 0.15) is 27.1 Å². The van der Waals surface area contributed by atoms with Crippen LogP contribution >= 0.6 is 11.3 Å². The van der Waals surface area contributed by atoms with E-state index in [1.54, 1.807) is 12.6 Å². The molecule has 124 valence electrons. The normalized spacial score (nSPS) is 16.0. The highest BCUT2D eigenvalue weighted by Crippen LogP contribution is 2.17. The Bertz CT molecular complexity index is 663. The predicted octanol–water partition coefficient (Wildman–Crippen LogP) is 0.939. The fourth-order valence-electron chi connectivity index (χ4n) is 2.49. The number of nitrogens with zero attached hydrogens (tertiary/aromatic N) is 5. The summed E-state index contributed by atoms with van der Waals surface area (Å²) in [6.45, 7) is 5.76. The number of methoxy groups -OCH3 is 1. The van der Waals surface area contributed by atoms with E-state index in [2.05, 4.69) is 20.0 Å². The maximum absolute atomic E-state index is 12.4. The Labute approximate surface area is 138 Å². The summed E-state index contributed by atoms with van der Waals surface area (Å²) >= 11 is 1.40. The van der Waals surface area contributed by atoms with E-state index in [1.165, 1.54) is 11.3 Å². The first-order valence-corrected chi connectivity index (χ1v) is 8.27. The van der Waals surface area contributed by atoms with Crippen LogP contribution in [0.3, 0.4) is 0 Å². The zero-order valence-corrected chi connectivity index (χ0v) is 14.0. The van der Waals surface area contributed by atoms with Gasteiger partial charge in [0, 0.05) is 33.3 Å². The number of rotatable bonds is 5. The Hall–Kier alpha value is -1.84. The number of piperazine rings is 1. The zero-order chi connectivity index (χ0) is 16.2. The van der Waals surface area contributed by atoms with Crippen LogP contribution in [0.25, 0.3) is 0 Å². The van der Waals surface area contributed by atoms with Gasteiger partial charge in [-0.2, -0.15) is 4.98 Å². The lowest BCUT2D eigenvalue weighted by Crippen LogP contribution is -2.48. The van der Waals surface area contributed by atoms with Gasteiger partial charge in [0.15, 0.2) is 5.82 Å². The molecular formula is C14H19N5O3S. The summed E-state index contributed by atoms with van der Waals surface area (Å²) in [5.74, 6) is 1.21. The van der Waals surface area contributed by atoms with E-state index >= 15 is 0 Å². The third-order valence-electron chi connectivity index (χ3n) is 3.74. The lowest BCUT2D eigenvalue weighted by molar-refractivity contribution is 0.0619. The van der Waals surface area contributed by atoms with Gasteiger partial charge in [-0.25, -0.2) is 4.98 Å². The van der Waals surface area contributed by atoms with Crippen LogP contribution in [0, 0.1) is 6.92 Å². The van der Waals surface area contributed by atoms with Gasteiger partial charge in [0.1, 0.15) is 11.5 Å². The number of aromatic nitrogens is 3. The van der Waals surface area contributed by atoms with Crippen molar-refractivity contribution in [1.29, 1.82) is 0 Å². The van der Waals surface area contributed by atoms with Gasteiger partial charge in [-0.15, -0.1) is 11.3 Å². The van der Waals surface area contributed by atoms with E-state index in [-0.39, 0.29) is 5.91 Å². The summed E-state index contributed by atoms with van der Waals surface area (Å²) in [5, 5.41) is 3.85. The zero-order valence-electron chi connectivity index (χ0n) is 13.2. The highest BCUT2D eigenvalue weighted by Gasteiger charge is 2.25. The van der Waals surface area contributed by atoms with Crippen LogP contribution in [0.5, 0.6) is 0 Å². The van der Waals surface area contributed by atoms with Gasteiger partial charge in [0.05, 0.1) is 17.7 Å². The third kappa shape index (κ3) is 3.74. The Kier molecular flexibility index (Phi) is 4.99. The summed E-state index contributed by atoms with van der Waals surface area (Å²) in [7, 11) is 1.59. The fraction of sp³-hybridized carbons (Fsp3) is 0.571. The quantitative estimate of drug-likeness (QED) is 0.802. The van der Waals surface area contributed by atoms with E-state index < -0.39 is 0 Å². The van der Waals surface area contributed by atoms with Gasteiger partial charge >= 0.3 is 0 Å². The van der Waals surface area contributed by atoms with E-state index in [0.29, 0.717) is 38.0 Å². The van der Waals surface area contributed by atoms with Crippen molar-refractivity contribution in [2.24, 2.45) is 0 Å². The van der Waals surface area contributed by atoms with Crippen molar-refractivity contribution in [2.75, 3.05) is 33.3 Å². The van der Waals surface area contributed by atoms with Crippen molar-refractivity contribution in [1.82, 2.24) is 24.9 Å². The molecule has 0 saturated carbocycles. The van der Waals surface area contributed by atoms with Gasteiger partial charge in [-0.1, -0.05) is 5.16 Å². The molecule has 2 aromatic rings. The van der Waals surface area contributed by atoms with Crippen LogP contribution in [0.4, 0.5) is 0 Å². The molecule has 0 N–H and O–H groups in total. The van der Waals surface area contributed by atoms with Gasteiger partial charge < -0.3 is 14.2 Å². The minimum atomic E-state index is 0.0739. The highest BCUT2D eigenvalue weighted by atomic mass is 32.1. The smallest absolute Gasteiger partial charge is 0.265 e. The summed E-state index contributed by atoms with van der Waals surface area (Å²) in [6, 6.07) is 0. The lowest BCUT2D eigenvalue weighted by atomic mass is 10.2. The van der Waals surface area contributed by atoms with Crippen LogP contribution in [0.15, 0.2) is 10.0 Å². The van der Waals surface area contributed by atoms with E-state index in [9.17, 15) is 4.79 Å². The van der Waals surface area contributed by atoms with Crippen molar-refractivity contribution >= 4 is 17.2 Å². The SMILES string of the molecule is COCc1noc(CN2CCN(C(=O)c3scnc3C)CC2)n1. The summed E-state index contributed by atoms with van der Waals surface area (Å²) in [6.07, 6.45) is 0. The van der Waals surface area contributed by atoms with Crippen molar-refractivity contribution in [3.05, 3.63) is 27.8 Å². The molecule has 1 fully saturated rings. The molecule has 3 rings (SSSR count). The Balaban J connectivity index is 1.52. The minimum absolute atomic E-state index is 0.0739. The van der Waals surface area contributed by atoms with Gasteiger partial charge in [0.25, 0.3) is 5.91 Å². The number of carbonyl (C=O) groups is 1. The Morgan fingerprint density at radius 3 is 2.83 bits per heavy atom. The molecule has 0 bridgehead atoms. The highest BCUT2D eigenvalue weighted by molar-refractivity contribution is 7.11. The first-order valence-electron chi connectivity index (χ1n) is 7.39. The maximum atomic E-state index is 12.4. The fourth-order valence-corrected chi connectivity index (χ4v) is 3.26. The van der Waals surface area contributed by atoms with Crippen LogP contribution in [-0.4, -0.2) is 64.1 Å². The van der Waals surface area contributed by atoms with E-state index in [4.69, 9.17) is 9.26 Å². The standard InChI is InChI=1S/C14H19N5O3S/c1-10-13(23-9-15-10)14(20)19-5-3-18(4-6-19)7-12-16-11(8-21-2)17-22-12/h9H,3-8H2,1-2H3. The number of aryl methyl sites for hydroxylation is 1. The maximum Gasteiger partial charge on any atom is 0.265 e. The molecule has 8 nitrogen and oxygen atoms in total. The average molecular weight is 337 g/mol. The molecule has 1 aliphatic rings. The molecule has 9 heteroatoms. The van der Waals surface area contributed by atoms with Crippen molar-refractivity contribution in [3.63, 3.8) is 0 Å². The summed E-state index contributed by atoms with van der Waals surface area (Å²) in [5.41, 5.74) is 2.52. The molecule has 0 atom stereocenters. The minimum Gasteiger partial charge on any atom is -0.377 e. The number of hydrogen-bond donors (Lipinski definition) is 0. The second-order valence-electron chi connectivity index (χ2n) is 5.37. The molecule has 0 aromatic carbocycles. The summed E-state index contributed by atoms with van der Waals surface area (Å²) in [4.78, 5) is 25.7. The average Bonchev–Trinajstić information content (AvgIpc) is 3.17. The molecule has 0 radical (unpaired) electrons. The predicted molar refractivity (Wildman–Crippen MR) is 83.0 cm³/mol. The Morgan fingerprint density at radius 2 is 2.17 bits per heavy atom. The number of amides is 1. The molecule has 3 heterocycles. The van der Waals surface area contributed by atoms with Gasteiger partial charge in [-0.05, 0) is 6.92 Å². The topological polar surface area (TPSA) is 84.6 Å². The van der Waals surface area contributed by atoms with E-state index in [1.807, 2.05) is 11.8 Å². The van der Waals surface area contributed by atoms with Crippen LogP contribution in [0.2, 0.25) is 0 Å². The number of carbonyl (C=O) groups excluding carboxylic acids is 1. The van der Waals surface area contributed by atoms with Crippen molar-refractivity contribution < 1.29 is 14.1 Å². The lowest BCUT2D eigenvalue weighted by Gasteiger charge is -2.33. The van der Waals surface area contributed by atoms with Crippen LogP contribution < -0.4 is 0 Å². The molecular weight excluding hydrogens is 318 g/mol. The second-order valence-corrected chi connectivity index (χ2v) is 6.23. The van der Waals surface area contributed by atoms with Gasteiger partial charge in [-0.3, -0.25) is 9.69 Å². The molecule has 1 amide bonds. The molecule has 23 heavy (non-hydrogen) atoms. The van der Waals surface area contributed by atoms with Crippen LogP contribution in [-0.2, 0) is 17.9 Å². The monoisotopic (exact) mass is 337 g/mol. The molecule has 0 spiro atoms. The third-order valence-corrected chi connectivity index (χ3v) is 4.66. The van der Waals surface area contributed by atoms with Gasteiger partial charge in [0.2, 0.25) is 5.89 Å². The molecule has 0 aliphatic carbocycles. The number of hydrogen-bond acceptors (Lipinski definition) is 8. The van der Waals surface area contributed by atoms with E-state index in [0.717, 1.165) is 23.7 Å². The largest absolute Gasteiger partial charge is 0.377 e. The number of thiazole rings is 1. The van der Waals surface area contributed by atoms with Crippen molar-refractivity contribution in [2.45, 2.75) is 20.1 Å². The summed E-state index contributed by atoms with van der Waals surface area (Å²) < 4.78 is 10.2. The molecule has 2 aromatic heterocycles. The molecule has 1 aliphatic heterocycles. The second kappa shape index (κ2) is 7.16. The first kappa shape index (κ1) is 16.0. The molecule has 0 unspecified atom stereocenters. The Morgan fingerprint density at radius 1 is 1.39 bits per heavy atom. The number of ether oxygens (including phenoxy) is 1. The van der Waals surface area contributed by atoms with Crippen molar-refractivity contribution in [3.8, 4) is 0 Å². The first-order chi connectivity index (χ1) is 11.2.